The number of hydrogen-bond acceptors (Lipinski definition) is 3. The van der Waals surface area contributed by atoms with Crippen LogP contribution in [-0.2, 0) is 11.3 Å². The van der Waals surface area contributed by atoms with Crippen LogP contribution in [0.2, 0.25) is 0 Å². The number of pyridine rings is 1. The molecule has 0 spiro atoms. The van der Waals surface area contributed by atoms with Gasteiger partial charge >= 0.3 is 0 Å². The molecule has 5 heteroatoms. The second-order valence-electron chi connectivity index (χ2n) is 3.49. The summed E-state index contributed by atoms with van der Waals surface area (Å²) in [6.07, 6.45) is 1.62. The zero-order chi connectivity index (χ0) is 10.7. The van der Waals surface area contributed by atoms with E-state index in [0.717, 1.165) is 42.0 Å². The Hall–Kier alpha value is -0.270. The third-order valence-corrected chi connectivity index (χ3v) is 3.40. The summed E-state index contributed by atoms with van der Waals surface area (Å²) in [5.41, 5.74) is 1.08. The van der Waals surface area contributed by atoms with Gasteiger partial charge in [-0.1, -0.05) is 0 Å². The molecular formula is C10H12FIN2O. The van der Waals surface area contributed by atoms with Crippen LogP contribution in [0, 0.1) is 9.52 Å². The summed E-state index contributed by atoms with van der Waals surface area (Å²) in [6.45, 7) is 4.27. The van der Waals surface area contributed by atoms with E-state index < -0.39 is 5.95 Å². The average Bonchev–Trinajstić information content (AvgIpc) is 2.24. The van der Waals surface area contributed by atoms with Gasteiger partial charge in [-0.15, -0.1) is 0 Å². The molecule has 1 aliphatic rings. The standard InChI is InChI=1S/C10H12FIN2O/c11-10-5-9(12)8(6-13-10)7-14-1-3-15-4-2-14/h5-6H,1-4,7H2. The number of morpholine rings is 1. The molecule has 0 bridgehead atoms. The number of aromatic nitrogens is 1. The summed E-state index contributed by atoms with van der Waals surface area (Å²) < 4.78 is 19.0. The molecule has 0 atom stereocenters. The van der Waals surface area contributed by atoms with Crippen molar-refractivity contribution in [1.29, 1.82) is 0 Å². The highest BCUT2D eigenvalue weighted by Gasteiger charge is 2.12. The van der Waals surface area contributed by atoms with E-state index >= 15 is 0 Å². The molecule has 2 rings (SSSR count). The first-order chi connectivity index (χ1) is 7.25. The lowest BCUT2D eigenvalue weighted by Crippen LogP contribution is -2.35. The van der Waals surface area contributed by atoms with Gasteiger partial charge in [-0.05, 0) is 28.2 Å². The van der Waals surface area contributed by atoms with Crippen molar-refractivity contribution < 1.29 is 9.13 Å². The highest BCUT2D eigenvalue weighted by atomic mass is 127. The summed E-state index contributed by atoms with van der Waals surface area (Å²) in [4.78, 5) is 5.97. The molecule has 1 saturated heterocycles. The minimum Gasteiger partial charge on any atom is -0.379 e. The maximum atomic E-state index is 12.8. The van der Waals surface area contributed by atoms with Crippen LogP contribution in [0.4, 0.5) is 4.39 Å². The molecule has 0 saturated carbocycles. The molecule has 0 amide bonds. The van der Waals surface area contributed by atoms with Gasteiger partial charge in [0.2, 0.25) is 5.95 Å². The summed E-state index contributed by atoms with van der Waals surface area (Å²) in [5, 5.41) is 0. The van der Waals surface area contributed by atoms with Crippen molar-refractivity contribution in [2.24, 2.45) is 0 Å². The predicted octanol–water partition coefficient (Wildman–Crippen LogP) is 1.66. The lowest BCUT2D eigenvalue weighted by Gasteiger charge is -2.26. The minimum atomic E-state index is -0.412. The summed E-state index contributed by atoms with van der Waals surface area (Å²) >= 11 is 2.14. The molecule has 82 valence electrons. The van der Waals surface area contributed by atoms with Gasteiger partial charge in [0.1, 0.15) is 0 Å². The summed E-state index contributed by atoms with van der Waals surface area (Å²) in [5.74, 6) is -0.412. The normalized spacial score (nSPS) is 18.0. The predicted molar refractivity (Wildman–Crippen MR) is 63.0 cm³/mol. The second kappa shape index (κ2) is 5.18. The van der Waals surface area contributed by atoms with Crippen molar-refractivity contribution in [3.63, 3.8) is 0 Å². The molecule has 0 aliphatic carbocycles. The van der Waals surface area contributed by atoms with Crippen LogP contribution in [0.3, 0.4) is 0 Å². The minimum absolute atomic E-state index is 0.412. The molecular weight excluding hydrogens is 310 g/mol. The highest BCUT2D eigenvalue weighted by Crippen LogP contribution is 2.14. The van der Waals surface area contributed by atoms with Crippen molar-refractivity contribution in [3.05, 3.63) is 27.3 Å². The fourth-order valence-electron chi connectivity index (χ4n) is 1.55. The van der Waals surface area contributed by atoms with Crippen LogP contribution in [0.5, 0.6) is 0 Å². The fraction of sp³-hybridized carbons (Fsp3) is 0.500. The van der Waals surface area contributed by atoms with Gasteiger partial charge in [0, 0.05) is 35.5 Å². The Balaban J connectivity index is 2.03. The van der Waals surface area contributed by atoms with Gasteiger partial charge < -0.3 is 4.74 Å². The molecule has 1 fully saturated rings. The van der Waals surface area contributed by atoms with Gasteiger partial charge in [-0.3, -0.25) is 4.90 Å². The van der Waals surface area contributed by atoms with Gasteiger partial charge in [0.15, 0.2) is 0 Å². The highest BCUT2D eigenvalue weighted by molar-refractivity contribution is 14.1. The lowest BCUT2D eigenvalue weighted by molar-refractivity contribution is 0.0340. The Bertz CT molecular complexity index is 342. The van der Waals surface area contributed by atoms with E-state index in [4.69, 9.17) is 4.74 Å². The van der Waals surface area contributed by atoms with E-state index in [0.29, 0.717) is 0 Å². The smallest absolute Gasteiger partial charge is 0.213 e. The number of ether oxygens (including phenoxy) is 1. The quantitative estimate of drug-likeness (QED) is 0.612. The Kier molecular flexibility index (Phi) is 3.87. The molecule has 3 nitrogen and oxygen atoms in total. The molecule has 0 N–H and O–H groups in total. The van der Waals surface area contributed by atoms with Crippen LogP contribution in [-0.4, -0.2) is 36.2 Å². The zero-order valence-corrected chi connectivity index (χ0v) is 10.4. The van der Waals surface area contributed by atoms with Gasteiger partial charge in [0.25, 0.3) is 0 Å². The first-order valence-corrected chi connectivity index (χ1v) is 5.93. The van der Waals surface area contributed by atoms with E-state index in [1.807, 2.05) is 0 Å². The summed E-state index contributed by atoms with van der Waals surface area (Å²) in [7, 11) is 0. The molecule has 0 unspecified atom stereocenters. The van der Waals surface area contributed by atoms with Gasteiger partial charge in [-0.25, -0.2) is 4.98 Å². The SMILES string of the molecule is Fc1cc(I)c(CN2CCOCC2)cn1. The molecule has 15 heavy (non-hydrogen) atoms. The fourth-order valence-corrected chi connectivity index (χ4v) is 2.12. The second-order valence-corrected chi connectivity index (χ2v) is 4.65. The first-order valence-electron chi connectivity index (χ1n) is 4.86. The lowest BCUT2D eigenvalue weighted by atomic mass is 10.2. The zero-order valence-electron chi connectivity index (χ0n) is 8.25. The van der Waals surface area contributed by atoms with Gasteiger partial charge in [-0.2, -0.15) is 4.39 Å². The van der Waals surface area contributed by atoms with Crippen molar-refractivity contribution in [2.45, 2.75) is 6.54 Å². The number of hydrogen-bond donors (Lipinski definition) is 0. The van der Waals surface area contributed by atoms with Crippen LogP contribution < -0.4 is 0 Å². The van der Waals surface area contributed by atoms with Crippen LogP contribution >= 0.6 is 22.6 Å². The molecule has 1 aromatic rings. The Morgan fingerprint density at radius 2 is 2.20 bits per heavy atom. The van der Waals surface area contributed by atoms with Crippen LogP contribution in [0.25, 0.3) is 0 Å². The first kappa shape index (κ1) is 11.2. The number of nitrogens with zero attached hydrogens (tertiary/aromatic N) is 2. The monoisotopic (exact) mass is 322 g/mol. The third kappa shape index (κ3) is 3.09. The van der Waals surface area contributed by atoms with Crippen molar-refractivity contribution in [2.75, 3.05) is 26.3 Å². The molecule has 1 aromatic heterocycles. The van der Waals surface area contributed by atoms with Crippen molar-refractivity contribution in [3.8, 4) is 0 Å². The molecule has 0 aromatic carbocycles. The van der Waals surface area contributed by atoms with Crippen molar-refractivity contribution in [1.82, 2.24) is 9.88 Å². The average molecular weight is 322 g/mol. The number of rotatable bonds is 2. The largest absolute Gasteiger partial charge is 0.379 e. The molecule has 1 aliphatic heterocycles. The van der Waals surface area contributed by atoms with E-state index in [2.05, 4.69) is 32.5 Å². The van der Waals surface area contributed by atoms with Gasteiger partial charge in [0.05, 0.1) is 13.2 Å². The number of halogens is 2. The van der Waals surface area contributed by atoms with E-state index in [1.54, 1.807) is 6.20 Å². The topological polar surface area (TPSA) is 25.4 Å². The maximum Gasteiger partial charge on any atom is 0.213 e. The third-order valence-electron chi connectivity index (χ3n) is 2.39. The van der Waals surface area contributed by atoms with E-state index in [-0.39, 0.29) is 0 Å². The van der Waals surface area contributed by atoms with E-state index in [1.165, 1.54) is 6.07 Å². The Morgan fingerprint density at radius 1 is 1.47 bits per heavy atom. The molecule has 0 radical (unpaired) electrons. The Morgan fingerprint density at radius 3 is 2.87 bits per heavy atom. The Labute approximate surface area is 102 Å². The summed E-state index contributed by atoms with van der Waals surface area (Å²) in [6, 6.07) is 1.47. The van der Waals surface area contributed by atoms with Crippen LogP contribution in [0.1, 0.15) is 5.56 Å². The van der Waals surface area contributed by atoms with E-state index in [9.17, 15) is 4.39 Å². The maximum absolute atomic E-state index is 12.8. The van der Waals surface area contributed by atoms with Crippen molar-refractivity contribution >= 4 is 22.6 Å². The van der Waals surface area contributed by atoms with Crippen LogP contribution in [0.15, 0.2) is 12.3 Å². The molecule has 2 heterocycles.